The van der Waals surface area contributed by atoms with Gasteiger partial charge in [-0.3, -0.25) is 0 Å². The van der Waals surface area contributed by atoms with Crippen molar-refractivity contribution < 1.29 is 24.1 Å². The Balaban J connectivity index is 2.88. The molecule has 0 bridgehead atoms. The maximum atomic E-state index is 10.0. The van der Waals surface area contributed by atoms with Crippen LogP contribution in [0.2, 0.25) is 0 Å². The summed E-state index contributed by atoms with van der Waals surface area (Å²) in [7, 11) is 0. The van der Waals surface area contributed by atoms with Gasteiger partial charge in [-0.15, -0.1) is 0 Å². The van der Waals surface area contributed by atoms with E-state index in [2.05, 4.69) is 0 Å². The Morgan fingerprint density at radius 3 is 2.00 bits per heavy atom. The fourth-order valence-electron chi connectivity index (χ4n) is 0.683. The largest absolute Gasteiger partial charge is 0.480 e. The summed E-state index contributed by atoms with van der Waals surface area (Å²) in [5.41, 5.74) is 5.20. The van der Waals surface area contributed by atoms with Gasteiger partial charge >= 0.3 is 5.97 Å². The van der Waals surface area contributed by atoms with Crippen LogP contribution in [0.5, 0.6) is 0 Å². The number of carboxylic acid groups (broad SMARTS) is 1. The minimum absolute atomic E-state index is 0.281. The van der Waals surface area contributed by atoms with E-state index >= 15 is 0 Å². The lowest BCUT2D eigenvalue weighted by atomic mass is 10.7. The molecule has 0 aliphatic rings. The average Bonchev–Trinajstić information content (AvgIpc) is 2.15. The molecular formula is C8H17NO5. The lowest BCUT2D eigenvalue weighted by Gasteiger charge is -2.04. The molecule has 0 aliphatic carbocycles. The Morgan fingerprint density at radius 1 is 1.00 bits per heavy atom. The molecule has 6 heteroatoms. The summed E-state index contributed by atoms with van der Waals surface area (Å²) in [6, 6.07) is 0. The highest BCUT2D eigenvalue weighted by Gasteiger charge is 1.95. The number of hydrogen-bond donors (Lipinski definition) is 2. The SMILES string of the molecule is NCCOCCOCCOCC(=O)O. The van der Waals surface area contributed by atoms with Gasteiger partial charge in [0, 0.05) is 6.54 Å². The molecule has 0 aliphatic heterocycles. The Labute approximate surface area is 82.9 Å². The first-order chi connectivity index (χ1) is 6.77. The van der Waals surface area contributed by atoms with E-state index in [1.807, 2.05) is 0 Å². The molecule has 84 valence electrons. The maximum absolute atomic E-state index is 10.0. The van der Waals surface area contributed by atoms with Crippen molar-refractivity contribution in [2.75, 3.05) is 46.2 Å². The molecule has 0 spiro atoms. The van der Waals surface area contributed by atoms with Crippen LogP contribution in [0.25, 0.3) is 0 Å². The van der Waals surface area contributed by atoms with E-state index in [1.165, 1.54) is 0 Å². The zero-order valence-corrected chi connectivity index (χ0v) is 8.11. The Hall–Kier alpha value is -0.690. The molecule has 0 amide bonds. The third kappa shape index (κ3) is 11.3. The number of hydrogen-bond acceptors (Lipinski definition) is 5. The van der Waals surface area contributed by atoms with Crippen molar-refractivity contribution in [3.8, 4) is 0 Å². The molecule has 3 N–H and O–H groups in total. The third-order valence-electron chi connectivity index (χ3n) is 1.23. The number of rotatable bonds is 10. The second-order valence-corrected chi connectivity index (χ2v) is 2.46. The van der Waals surface area contributed by atoms with Gasteiger partial charge in [-0.25, -0.2) is 4.79 Å². The highest BCUT2D eigenvalue weighted by molar-refractivity contribution is 5.67. The fraction of sp³-hybridized carbons (Fsp3) is 0.875. The van der Waals surface area contributed by atoms with Gasteiger partial charge in [-0.1, -0.05) is 0 Å². The normalized spacial score (nSPS) is 10.4. The van der Waals surface area contributed by atoms with E-state index in [0.717, 1.165) is 0 Å². The molecule has 0 unspecified atom stereocenters. The predicted molar refractivity (Wildman–Crippen MR) is 49.1 cm³/mol. The Bertz CT molecular complexity index is 142. The van der Waals surface area contributed by atoms with Gasteiger partial charge in [0.25, 0.3) is 0 Å². The molecule has 0 aromatic heterocycles. The number of carbonyl (C=O) groups is 1. The van der Waals surface area contributed by atoms with Crippen LogP contribution in [0.3, 0.4) is 0 Å². The summed E-state index contributed by atoms with van der Waals surface area (Å²) in [6.45, 7) is 2.36. The topological polar surface area (TPSA) is 91.0 Å². The van der Waals surface area contributed by atoms with Crippen molar-refractivity contribution in [1.29, 1.82) is 0 Å². The summed E-state index contributed by atoms with van der Waals surface area (Å²) < 4.78 is 14.9. The molecule has 0 aromatic rings. The smallest absolute Gasteiger partial charge is 0.329 e. The first kappa shape index (κ1) is 13.3. The molecule has 14 heavy (non-hydrogen) atoms. The van der Waals surface area contributed by atoms with Crippen molar-refractivity contribution in [2.45, 2.75) is 0 Å². The average molecular weight is 207 g/mol. The highest BCUT2D eigenvalue weighted by Crippen LogP contribution is 1.80. The summed E-state index contributed by atoms with van der Waals surface area (Å²) in [5, 5.41) is 8.22. The minimum Gasteiger partial charge on any atom is -0.480 e. The third-order valence-corrected chi connectivity index (χ3v) is 1.23. The second kappa shape index (κ2) is 10.4. The maximum Gasteiger partial charge on any atom is 0.329 e. The zero-order chi connectivity index (χ0) is 10.6. The monoisotopic (exact) mass is 207 g/mol. The standard InChI is InChI=1S/C8H17NO5/c9-1-2-12-3-4-13-5-6-14-7-8(10)11/h1-7,9H2,(H,10,11). The van der Waals surface area contributed by atoms with Gasteiger partial charge in [0.05, 0.1) is 33.0 Å². The number of carboxylic acids is 1. The van der Waals surface area contributed by atoms with Crippen LogP contribution < -0.4 is 5.73 Å². The van der Waals surface area contributed by atoms with Crippen LogP contribution in [0, 0.1) is 0 Å². The zero-order valence-electron chi connectivity index (χ0n) is 8.11. The van der Waals surface area contributed by atoms with Crippen LogP contribution in [0.4, 0.5) is 0 Å². The first-order valence-corrected chi connectivity index (χ1v) is 4.42. The minimum atomic E-state index is -0.976. The van der Waals surface area contributed by atoms with Gasteiger partial charge in [0.1, 0.15) is 6.61 Å². The summed E-state index contributed by atoms with van der Waals surface area (Å²) >= 11 is 0. The molecule has 0 rings (SSSR count). The number of nitrogens with two attached hydrogens (primary N) is 1. The highest BCUT2D eigenvalue weighted by atomic mass is 16.5. The van der Waals surface area contributed by atoms with E-state index in [-0.39, 0.29) is 13.2 Å². The predicted octanol–water partition coefficient (Wildman–Crippen LogP) is -0.920. The van der Waals surface area contributed by atoms with E-state index in [1.54, 1.807) is 0 Å². The molecule has 0 saturated heterocycles. The van der Waals surface area contributed by atoms with Crippen molar-refractivity contribution in [2.24, 2.45) is 5.73 Å². The van der Waals surface area contributed by atoms with E-state index in [0.29, 0.717) is 33.0 Å². The van der Waals surface area contributed by atoms with Crippen LogP contribution in [0.15, 0.2) is 0 Å². The number of ether oxygens (including phenoxy) is 3. The lowest BCUT2D eigenvalue weighted by molar-refractivity contribution is -0.142. The van der Waals surface area contributed by atoms with Crippen molar-refractivity contribution in [3.63, 3.8) is 0 Å². The van der Waals surface area contributed by atoms with Crippen molar-refractivity contribution in [3.05, 3.63) is 0 Å². The fourth-order valence-corrected chi connectivity index (χ4v) is 0.683. The van der Waals surface area contributed by atoms with Gasteiger partial charge in [0.15, 0.2) is 0 Å². The molecule has 6 nitrogen and oxygen atoms in total. The van der Waals surface area contributed by atoms with Crippen molar-refractivity contribution >= 4 is 5.97 Å². The molecule has 0 saturated carbocycles. The van der Waals surface area contributed by atoms with Crippen molar-refractivity contribution in [1.82, 2.24) is 0 Å². The lowest BCUT2D eigenvalue weighted by Crippen LogP contribution is -2.15. The van der Waals surface area contributed by atoms with E-state index < -0.39 is 5.97 Å². The van der Waals surface area contributed by atoms with Gasteiger partial charge in [-0.05, 0) is 0 Å². The molecule has 0 fully saturated rings. The van der Waals surface area contributed by atoms with Crippen LogP contribution in [0.1, 0.15) is 0 Å². The van der Waals surface area contributed by atoms with Crippen LogP contribution in [-0.4, -0.2) is 57.3 Å². The molecule has 0 heterocycles. The second-order valence-electron chi connectivity index (χ2n) is 2.46. The molecular weight excluding hydrogens is 190 g/mol. The quantitative estimate of drug-likeness (QED) is 0.450. The molecule has 0 radical (unpaired) electrons. The molecule has 0 atom stereocenters. The summed E-state index contributed by atoms with van der Waals surface area (Å²) in [6.07, 6.45) is 0. The molecule has 0 aromatic carbocycles. The van der Waals surface area contributed by atoms with Gasteiger partial charge in [0.2, 0.25) is 0 Å². The van der Waals surface area contributed by atoms with Gasteiger partial charge < -0.3 is 25.1 Å². The van der Waals surface area contributed by atoms with Gasteiger partial charge in [-0.2, -0.15) is 0 Å². The summed E-state index contributed by atoms with van der Waals surface area (Å²) in [5.74, 6) is -0.976. The Kier molecular flexibility index (Phi) is 9.88. The summed E-state index contributed by atoms with van der Waals surface area (Å²) in [4.78, 5) is 10.0. The number of aliphatic carboxylic acids is 1. The Morgan fingerprint density at radius 2 is 1.50 bits per heavy atom. The van der Waals surface area contributed by atoms with E-state index in [9.17, 15) is 4.79 Å². The van der Waals surface area contributed by atoms with E-state index in [4.69, 9.17) is 25.1 Å². The van der Waals surface area contributed by atoms with Crippen LogP contribution >= 0.6 is 0 Å². The first-order valence-electron chi connectivity index (χ1n) is 4.42. The van der Waals surface area contributed by atoms with Crippen LogP contribution in [-0.2, 0) is 19.0 Å².